The summed E-state index contributed by atoms with van der Waals surface area (Å²) in [5.74, 6) is 1.59. The Bertz CT molecular complexity index is 1100. The highest BCUT2D eigenvalue weighted by Crippen LogP contribution is 2.37. The standard InChI is InChI=1S/C25H30ClN3O2/c1-16-8-7-11-23(17(16)2)31-15-24(30)28(4)18(3)25-27-21-13-12-19(26)14-22(21)29(25)20-9-5-6-10-20/h7-8,11-14,18,20H,5-6,9-10,15H2,1-4H3. The van der Waals surface area contributed by atoms with Crippen molar-refractivity contribution in [1.82, 2.24) is 14.5 Å². The van der Waals surface area contributed by atoms with Gasteiger partial charge in [-0.1, -0.05) is 36.6 Å². The number of fused-ring (bicyclic) bond motifs is 1. The van der Waals surface area contributed by atoms with Gasteiger partial charge in [0, 0.05) is 18.1 Å². The maximum absolute atomic E-state index is 13.0. The van der Waals surface area contributed by atoms with Gasteiger partial charge in [-0.2, -0.15) is 0 Å². The summed E-state index contributed by atoms with van der Waals surface area (Å²) < 4.78 is 8.17. The van der Waals surface area contributed by atoms with E-state index in [-0.39, 0.29) is 18.6 Å². The summed E-state index contributed by atoms with van der Waals surface area (Å²) in [5, 5.41) is 0.706. The molecule has 5 nitrogen and oxygen atoms in total. The van der Waals surface area contributed by atoms with Crippen molar-refractivity contribution in [3.63, 3.8) is 0 Å². The van der Waals surface area contributed by atoms with Gasteiger partial charge in [-0.3, -0.25) is 4.79 Å². The molecule has 3 aromatic rings. The molecule has 0 aliphatic heterocycles. The summed E-state index contributed by atoms with van der Waals surface area (Å²) in [4.78, 5) is 19.6. The maximum Gasteiger partial charge on any atom is 0.260 e. The van der Waals surface area contributed by atoms with E-state index in [0.29, 0.717) is 11.1 Å². The van der Waals surface area contributed by atoms with Gasteiger partial charge in [0.25, 0.3) is 5.91 Å². The van der Waals surface area contributed by atoms with E-state index in [1.54, 1.807) is 4.90 Å². The molecule has 1 atom stereocenters. The van der Waals surface area contributed by atoms with Crippen LogP contribution in [-0.2, 0) is 4.79 Å². The first-order valence-electron chi connectivity index (χ1n) is 11.0. The number of ether oxygens (including phenoxy) is 1. The number of amides is 1. The van der Waals surface area contributed by atoms with Gasteiger partial charge in [-0.25, -0.2) is 4.98 Å². The number of imidazole rings is 1. The van der Waals surface area contributed by atoms with Crippen molar-refractivity contribution in [3.05, 3.63) is 58.4 Å². The Kier molecular flexibility index (Phi) is 6.24. The van der Waals surface area contributed by atoms with Crippen LogP contribution >= 0.6 is 11.6 Å². The van der Waals surface area contributed by atoms with Crippen LogP contribution in [0.1, 0.15) is 61.6 Å². The Morgan fingerprint density at radius 2 is 2.00 bits per heavy atom. The highest BCUT2D eigenvalue weighted by atomic mass is 35.5. The van der Waals surface area contributed by atoms with Gasteiger partial charge in [-0.05, 0) is 69.0 Å². The van der Waals surface area contributed by atoms with Gasteiger partial charge in [0.15, 0.2) is 6.61 Å². The second kappa shape index (κ2) is 8.91. The smallest absolute Gasteiger partial charge is 0.260 e. The summed E-state index contributed by atoms with van der Waals surface area (Å²) in [6.07, 6.45) is 4.70. The van der Waals surface area contributed by atoms with E-state index in [9.17, 15) is 4.79 Å². The molecule has 0 radical (unpaired) electrons. The predicted molar refractivity (Wildman–Crippen MR) is 125 cm³/mol. The summed E-state index contributed by atoms with van der Waals surface area (Å²) >= 11 is 6.30. The lowest BCUT2D eigenvalue weighted by molar-refractivity contribution is -0.134. The van der Waals surface area contributed by atoms with Crippen LogP contribution in [0.3, 0.4) is 0 Å². The number of aryl methyl sites for hydroxylation is 1. The van der Waals surface area contributed by atoms with Crippen LogP contribution in [0.4, 0.5) is 0 Å². The lowest BCUT2D eigenvalue weighted by Gasteiger charge is -2.27. The number of nitrogens with zero attached hydrogens (tertiary/aromatic N) is 3. The molecule has 31 heavy (non-hydrogen) atoms. The number of hydrogen-bond donors (Lipinski definition) is 0. The van der Waals surface area contributed by atoms with Crippen LogP contribution in [0.2, 0.25) is 5.02 Å². The summed E-state index contributed by atoms with van der Waals surface area (Å²) in [6, 6.07) is 11.9. The molecule has 6 heteroatoms. The molecular formula is C25H30ClN3O2. The van der Waals surface area contributed by atoms with E-state index in [1.807, 2.05) is 64.2 Å². The number of aromatic nitrogens is 2. The molecule has 1 amide bonds. The molecule has 1 unspecified atom stereocenters. The number of benzene rings is 2. The predicted octanol–water partition coefficient (Wildman–Crippen LogP) is 6.02. The molecule has 0 spiro atoms. The van der Waals surface area contributed by atoms with Crippen molar-refractivity contribution in [2.45, 2.75) is 58.5 Å². The Morgan fingerprint density at radius 3 is 2.74 bits per heavy atom. The number of hydrogen-bond acceptors (Lipinski definition) is 3. The molecule has 0 saturated heterocycles. The zero-order valence-electron chi connectivity index (χ0n) is 18.7. The molecule has 4 rings (SSSR count). The fourth-order valence-electron chi connectivity index (χ4n) is 4.44. The minimum absolute atomic E-state index is 0.000614. The Balaban J connectivity index is 1.58. The molecule has 1 aliphatic rings. The zero-order valence-corrected chi connectivity index (χ0v) is 19.4. The molecule has 164 valence electrons. The lowest BCUT2D eigenvalue weighted by atomic mass is 10.1. The first-order valence-corrected chi connectivity index (χ1v) is 11.4. The van der Waals surface area contributed by atoms with Gasteiger partial charge in [0.05, 0.1) is 17.1 Å². The third-order valence-corrected chi connectivity index (χ3v) is 6.86. The number of carbonyl (C=O) groups is 1. The number of likely N-dealkylation sites (N-methyl/N-ethyl adjacent to an activating group) is 1. The third-order valence-electron chi connectivity index (χ3n) is 6.62. The molecule has 1 heterocycles. The average molecular weight is 440 g/mol. The van der Waals surface area contributed by atoms with Gasteiger partial charge in [0.2, 0.25) is 0 Å². The van der Waals surface area contributed by atoms with Crippen LogP contribution in [-0.4, -0.2) is 34.0 Å². The van der Waals surface area contributed by atoms with E-state index in [1.165, 1.54) is 12.8 Å². The van der Waals surface area contributed by atoms with Crippen LogP contribution < -0.4 is 4.74 Å². The molecule has 1 saturated carbocycles. The van der Waals surface area contributed by atoms with Crippen LogP contribution in [0, 0.1) is 13.8 Å². The molecule has 1 fully saturated rings. The van der Waals surface area contributed by atoms with Gasteiger partial charge in [0.1, 0.15) is 11.6 Å². The van der Waals surface area contributed by atoms with Crippen molar-refractivity contribution in [1.29, 1.82) is 0 Å². The fourth-order valence-corrected chi connectivity index (χ4v) is 4.60. The fraction of sp³-hybridized carbons (Fsp3) is 0.440. The number of carbonyl (C=O) groups excluding carboxylic acids is 1. The summed E-state index contributed by atoms with van der Waals surface area (Å²) in [5.41, 5.74) is 4.18. The minimum Gasteiger partial charge on any atom is -0.483 e. The highest BCUT2D eigenvalue weighted by molar-refractivity contribution is 6.31. The van der Waals surface area contributed by atoms with E-state index >= 15 is 0 Å². The first-order chi connectivity index (χ1) is 14.9. The van der Waals surface area contributed by atoms with E-state index in [2.05, 4.69) is 4.57 Å². The van der Waals surface area contributed by atoms with Crippen LogP contribution in [0.5, 0.6) is 5.75 Å². The number of halogens is 1. The summed E-state index contributed by atoms with van der Waals surface area (Å²) in [7, 11) is 1.82. The topological polar surface area (TPSA) is 47.4 Å². The SMILES string of the molecule is Cc1cccc(OCC(=O)N(C)C(C)c2nc3ccc(Cl)cc3n2C2CCCC2)c1C. The van der Waals surface area contributed by atoms with Crippen molar-refractivity contribution in [2.75, 3.05) is 13.7 Å². The largest absolute Gasteiger partial charge is 0.483 e. The highest BCUT2D eigenvalue weighted by Gasteiger charge is 2.28. The average Bonchev–Trinajstić information content (AvgIpc) is 3.40. The molecular weight excluding hydrogens is 410 g/mol. The molecule has 1 aliphatic carbocycles. The Hall–Kier alpha value is -2.53. The van der Waals surface area contributed by atoms with Crippen LogP contribution in [0.15, 0.2) is 36.4 Å². The molecule has 0 N–H and O–H groups in total. The van der Waals surface area contributed by atoms with Gasteiger partial charge >= 0.3 is 0 Å². The van der Waals surface area contributed by atoms with E-state index in [0.717, 1.165) is 46.6 Å². The quantitative estimate of drug-likeness (QED) is 0.471. The van der Waals surface area contributed by atoms with Gasteiger partial charge < -0.3 is 14.2 Å². The van der Waals surface area contributed by atoms with Crippen molar-refractivity contribution in [2.24, 2.45) is 0 Å². The van der Waals surface area contributed by atoms with Crippen molar-refractivity contribution < 1.29 is 9.53 Å². The van der Waals surface area contributed by atoms with Crippen molar-refractivity contribution in [3.8, 4) is 5.75 Å². The third kappa shape index (κ3) is 4.29. The second-order valence-corrected chi connectivity index (χ2v) is 9.02. The molecule has 2 aromatic carbocycles. The normalized spacial score (nSPS) is 15.4. The van der Waals surface area contributed by atoms with Crippen LogP contribution in [0.25, 0.3) is 11.0 Å². The lowest BCUT2D eigenvalue weighted by Crippen LogP contribution is -2.35. The summed E-state index contributed by atoms with van der Waals surface area (Å²) in [6.45, 7) is 6.08. The molecule has 0 bridgehead atoms. The Labute approximate surface area is 189 Å². The molecule has 1 aromatic heterocycles. The minimum atomic E-state index is -0.179. The first kappa shape index (κ1) is 21.7. The zero-order chi connectivity index (χ0) is 22.1. The van der Waals surface area contributed by atoms with Crippen molar-refractivity contribution >= 4 is 28.5 Å². The maximum atomic E-state index is 13.0. The monoisotopic (exact) mass is 439 g/mol. The van der Waals surface area contributed by atoms with E-state index < -0.39 is 0 Å². The van der Waals surface area contributed by atoms with Gasteiger partial charge in [-0.15, -0.1) is 0 Å². The second-order valence-electron chi connectivity index (χ2n) is 8.58. The van der Waals surface area contributed by atoms with E-state index in [4.69, 9.17) is 21.3 Å². The Morgan fingerprint density at radius 1 is 1.26 bits per heavy atom. The number of rotatable bonds is 6.